The van der Waals surface area contributed by atoms with Crippen molar-refractivity contribution in [3.63, 3.8) is 0 Å². The predicted octanol–water partition coefficient (Wildman–Crippen LogP) is -0.928. The summed E-state index contributed by atoms with van der Waals surface area (Å²) in [5.74, 6) is 0.437. The van der Waals surface area contributed by atoms with E-state index in [1.807, 2.05) is 0 Å². The minimum Gasteiger partial charge on any atom is -0.389 e. The van der Waals surface area contributed by atoms with Crippen molar-refractivity contribution in [1.82, 2.24) is 0 Å². The van der Waals surface area contributed by atoms with Crippen LogP contribution in [0.3, 0.4) is 0 Å². The maximum Gasteiger partial charge on any atom is 0.108 e. The maximum atomic E-state index is 9.11. The fourth-order valence-electron chi connectivity index (χ4n) is 0.791. The number of hydrogen-bond donors (Lipinski definition) is 4. The van der Waals surface area contributed by atoms with Crippen LogP contribution in [0.4, 0.5) is 0 Å². The van der Waals surface area contributed by atoms with E-state index in [0.29, 0.717) is 5.75 Å². The molecule has 4 atom stereocenters. The Morgan fingerprint density at radius 2 is 1.80 bits per heavy atom. The highest BCUT2D eigenvalue weighted by Gasteiger charge is 2.34. The maximum absolute atomic E-state index is 9.11. The molecule has 0 bridgehead atoms. The van der Waals surface area contributed by atoms with Gasteiger partial charge in [0.25, 0.3) is 0 Å². The average Bonchev–Trinajstić information content (AvgIpc) is 1.93. The zero-order valence-electron chi connectivity index (χ0n) is 5.21. The topological polar surface area (TPSA) is 60.7 Å². The lowest BCUT2D eigenvalue weighted by atomic mass is 10.1. The number of aliphatic hydroxyl groups excluding tert-OH is 3. The molecule has 0 radical (unpaired) electrons. The van der Waals surface area contributed by atoms with Crippen LogP contribution in [-0.2, 0) is 0 Å². The van der Waals surface area contributed by atoms with E-state index in [9.17, 15) is 0 Å². The second-order valence-electron chi connectivity index (χ2n) is 2.27. The molecule has 1 unspecified atom stereocenters. The van der Waals surface area contributed by atoms with Crippen LogP contribution in [0.2, 0.25) is 0 Å². The largest absolute Gasteiger partial charge is 0.389 e. The van der Waals surface area contributed by atoms with E-state index in [4.69, 9.17) is 15.3 Å². The predicted molar refractivity (Wildman–Crippen MR) is 43.3 cm³/mol. The highest BCUT2D eigenvalue weighted by molar-refractivity contribution is 8.10. The molecule has 0 amide bonds. The molecule has 10 heavy (non-hydrogen) atoms. The van der Waals surface area contributed by atoms with Gasteiger partial charge in [-0.2, -0.15) is 12.6 Å². The molecular formula is C5H10O3S2. The van der Waals surface area contributed by atoms with Crippen molar-refractivity contribution in [3.8, 4) is 0 Å². The van der Waals surface area contributed by atoms with Crippen LogP contribution in [0.5, 0.6) is 0 Å². The lowest BCUT2D eigenvalue weighted by Crippen LogP contribution is -2.47. The fourth-order valence-corrected chi connectivity index (χ4v) is 2.17. The minimum absolute atomic E-state index is 0.279. The van der Waals surface area contributed by atoms with Gasteiger partial charge in [0.1, 0.15) is 12.2 Å². The van der Waals surface area contributed by atoms with Gasteiger partial charge in [0, 0.05) is 5.75 Å². The molecule has 1 saturated heterocycles. The molecule has 1 rings (SSSR count). The van der Waals surface area contributed by atoms with Crippen molar-refractivity contribution in [2.75, 3.05) is 5.75 Å². The van der Waals surface area contributed by atoms with Gasteiger partial charge < -0.3 is 15.3 Å². The summed E-state index contributed by atoms with van der Waals surface area (Å²) in [5, 5.41) is 27.2. The quantitative estimate of drug-likeness (QED) is 0.366. The molecule has 1 heterocycles. The van der Waals surface area contributed by atoms with Gasteiger partial charge in [0.2, 0.25) is 0 Å². The summed E-state index contributed by atoms with van der Waals surface area (Å²) in [7, 11) is 0. The Labute approximate surface area is 68.9 Å². The first-order valence-corrected chi connectivity index (χ1v) is 4.53. The third kappa shape index (κ3) is 1.60. The standard InChI is InChI=1S/C5H10O3S2/c6-2-1-10-5(9)4(8)3(2)7/h2-9H,1H2/t2-,3+,4-,5?/m1/s1. The highest BCUT2D eigenvalue weighted by Crippen LogP contribution is 2.28. The molecule has 0 aliphatic carbocycles. The smallest absolute Gasteiger partial charge is 0.108 e. The number of aliphatic hydroxyl groups is 3. The van der Waals surface area contributed by atoms with Crippen LogP contribution < -0.4 is 0 Å². The molecule has 0 saturated carbocycles. The Balaban J connectivity index is 2.52. The Kier molecular flexibility index (Phi) is 2.88. The van der Waals surface area contributed by atoms with Gasteiger partial charge in [-0.15, -0.1) is 11.8 Å². The van der Waals surface area contributed by atoms with Crippen LogP contribution in [0.1, 0.15) is 0 Å². The van der Waals surface area contributed by atoms with Crippen LogP contribution in [-0.4, -0.2) is 44.0 Å². The monoisotopic (exact) mass is 182 g/mol. The lowest BCUT2D eigenvalue weighted by molar-refractivity contribution is -0.0472. The van der Waals surface area contributed by atoms with Crippen LogP contribution in [0.25, 0.3) is 0 Å². The third-order valence-corrected chi connectivity index (χ3v) is 3.38. The highest BCUT2D eigenvalue weighted by atomic mass is 32.2. The van der Waals surface area contributed by atoms with Gasteiger partial charge in [-0.25, -0.2) is 0 Å². The van der Waals surface area contributed by atoms with E-state index in [1.165, 1.54) is 11.8 Å². The summed E-state index contributed by atoms with van der Waals surface area (Å²) in [6, 6.07) is 0. The molecule has 0 spiro atoms. The molecule has 0 aromatic heterocycles. The van der Waals surface area contributed by atoms with E-state index in [2.05, 4.69) is 12.6 Å². The van der Waals surface area contributed by atoms with Crippen molar-refractivity contribution < 1.29 is 15.3 Å². The van der Waals surface area contributed by atoms with Crippen molar-refractivity contribution in [3.05, 3.63) is 0 Å². The second-order valence-corrected chi connectivity index (χ2v) is 4.35. The lowest BCUT2D eigenvalue weighted by Gasteiger charge is -2.31. The Morgan fingerprint density at radius 3 is 2.30 bits per heavy atom. The first kappa shape index (κ1) is 8.67. The Bertz CT molecular complexity index is 107. The van der Waals surface area contributed by atoms with Crippen LogP contribution >= 0.6 is 24.4 Å². The van der Waals surface area contributed by atoms with Crippen molar-refractivity contribution in [2.24, 2.45) is 0 Å². The van der Waals surface area contributed by atoms with Gasteiger partial charge >= 0.3 is 0 Å². The SMILES string of the molecule is O[C@H]1[C@H](O)CSC(S)[C@@H]1O. The van der Waals surface area contributed by atoms with Crippen molar-refractivity contribution in [1.29, 1.82) is 0 Å². The fraction of sp³-hybridized carbons (Fsp3) is 1.00. The molecule has 1 aliphatic rings. The first-order valence-electron chi connectivity index (χ1n) is 2.97. The average molecular weight is 182 g/mol. The van der Waals surface area contributed by atoms with Crippen LogP contribution in [0.15, 0.2) is 0 Å². The summed E-state index contributed by atoms with van der Waals surface area (Å²) in [5.41, 5.74) is 0. The van der Waals surface area contributed by atoms with E-state index < -0.39 is 18.3 Å². The molecule has 1 aliphatic heterocycles. The van der Waals surface area contributed by atoms with Gasteiger partial charge in [-0.05, 0) is 0 Å². The number of rotatable bonds is 0. The van der Waals surface area contributed by atoms with Crippen molar-refractivity contribution in [2.45, 2.75) is 22.9 Å². The number of hydrogen-bond acceptors (Lipinski definition) is 5. The summed E-state index contributed by atoms with van der Waals surface area (Å²) < 4.78 is -0.279. The molecule has 3 N–H and O–H groups in total. The van der Waals surface area contributed by atoms with Gasteiger partial charge in [0.15, 0.2) is 0 Å². The molecule has 5 heteroatoms. The van der Waals surface area contributed by atoms with E-state index in [1.54, 1.807) is 0 Å². The van der Waals surface area contributed by atoms with Gasteiger partial charge in [-0.1, -0.05) is 0 Å². The number of thiol groups is 1. The summed E-state index contributed by atoms with van der Waals surface area (Å²) >= 11 is 5.34. The molecule has 3 nitrogen and oxygen atoms in total. The normalized spacial score (nSPS) is 49.2. The van der Waals surface area contributed by atoms with Gasteiger partial charge in [-0.3, -0.25) is 0 Å². The molecule has 1 fully saturated rings. The van der Waals surface area contributed by atoms with Gasteiger partial charge in [0.05, 0.1) is 10.7 Å². The zero-order valence-corrected chi connectivity index (χ0v) is 6.92. The Morgan fingerprint density at radius 1 is 1.20 bits per heavy atom. The van der Waals surface area contributed by atoms with Crippen molar-refractivity contribution >= 4 is 24.4 Å². The summed E-state index contributed by atoms with van der Waals surface area (Å²) in [6.45, 7) is 0. The van der Waals surface area contributed by atoms with E-state index >= 15 is 0 Å². The minimum atomic E-state index is -1.04. The second kappa shape index (κ2) is 3.32. The number of thioether (sulfide) groups is 1. The summed E-state index contributed by atoms with van der Waals surface area (Å²) in [6.07, 6.45) is -2.77. The van der Waals surface area contributed by atoms with Crippen LogP contribution in [0, 0.1) is 0 Å². The molecule has 60 valence electrons. The molecular weight excluding hydrogens is 172 g/mol. The Hall–Kier alpha value is 0.580. The molecule has 0 aromatic rings. The summed E-state index contributed by atoms with van der Waals surface area (Å²) in [4.78, 5) is 0. The van der Waals surface area contributed by atoms with E-state index in [0.717, 1.165) is 0 Å². The zero-order chi connectivity index (χ0) is 7.72. The third-order valence-electron chi connectivity index (χ3n) is 1.47. The first-order chi connectivity index (χ1) is 4.63. The van der Waals surface area contributed by atoms with E-state index in [-0.39, 0.29) is 4.58 Å². The molecule has 0 aromatic carbocycles.